The molecule has 0 N–H and O–H groups in total. The summed E-state index contributed by atoms with van der Waals surface area (Å²) in [6.45, 7) is 0.332. The highest BCUT2D eigenvalue weighted by molar-refractivity contribution is 5.99. The Morgan fingerprint density at radius 3 is 2.54 bits per heavy atom. The third kappa shape index (κ3) is 4.17. The molecule has 0 aliphatic carbocycles. The Labute approximate surface area is 162 Å². The minimum atomic E-state index is -0.705. The highest BCUT2D eigenvalue weighted by Gasteiger charge is 2.29. The highest BCUT2D eigenvalue weighted by Crippen LogP contribution is 2.25. The summed E-state index contributed by atoms with van der Waals surface area (Å²) in [6.07, 6.45) is 1.63. The summed E-state index contributed by atoms with van der Waals surface area (Å²) >= 11 is 0. The van der Waals surface area contributed by atoms with Gasteiger partial charge in [0, 0.05) is 6.20 Å². The predicted octanol–water partition coefficient (Wildman–Crippen LogP) is 3.76. The second-order valence-electron chi connectivity index (χ2n) is 6.13. The van der Waals surface area contributed by atoms with Gasteiger partial charge in [0.25, 0.3) is 0 Å². The predicted molar refractivity (Wildman–Crippen MR) is 103 cm³/mol. The van der Waals surface area contributed by atoms with E-state index in [0.717, 1.165) is 5.56 Å². The summed E-state index contributed by atoms with van der Waals surface area (Å²) in [5.74, 6) is 0.916. The van der Waals surface area contributed by atoms with Crippen molar-refractivity contribution in [1.82, 2.24) is 4.98 Å². The van der Waals surface area contributed by atoms with Crippen molar-refractivity contribution in [1.29, 1.82) is 0 Å². The number of carbonyl (C=O) groups excluding carboxylic acids is 1. The molecule has 1 aliphatic rings. The van der Waals surface area contributed by atoms with E-state index in [1.807, 2.05) is 60.7 Å². The summed E-state index contributed by atoms with van der Waals surface area (Å²) in [5, 5.41) is 0. The van der Waals surface area contributed by atoms with Gasteiger partial charge in [-0.05, 0) is 29.8 Å². The SMILES string of the molecule is O=C(OCc1ccccc1)[C@@H]1COC(c2cccnc2Oc2ccccc2)=N1. The largest absolute Gasteiger partial charge is 0.474 e. The number of para-hydroxylation sites is 1. The lowest BCUT2D eigenvalue weighted by Crippen LogP contribution is -2.22. The molecule has 6 heteroatoms. The number of aliphatic imine (C=N–C) groups is 1. The zero-order valence-corrected chi connectivity index (χ0v) is 15.0. The molecule has 0 fully saturated rings. The number of hydrogen-bond donors (Lipinski definition) is 0. The molecule has 0 spiro atoms. The van der Waals surface area contributed by atoms with Crippen LogP contribution in [0.1, 0.15) is 11.1 Å². The number of carbonyl (C=O) groups is 1. The molecule has 28 heavy (non-hydrogen) atoms. The van der Waals surface area contributed by atoms with E-state index in [-0.39, 0.29) is 13.2 Å². The molecule has 2 heterocycles. The maximum atomic E-state index is 12.3. The van der Waals surface area contributed by atoms with Gasteiger partial charge in [-0.2, -0.15) is 0 Å². The summed E-state index contributed by atoms with van der Waals surface area (Å²) < 4.78 is 16.8. The molecule has 0 amide bonds. The van der Waals surface area contributed by atoms with E-state index in [1.165, 1.54) is 0 Å². The minimum Gasteiger partial charge on any atom is -0.474 e. The quantitative estimate of drug-likeness (QED) is 0.615. The zero-order chi connectivity index (χ0) is 19.2. The van der Waals surface area contributed by atoms with Crippen LogP contribution in [0.3, 0.4) is 0 Å². The summed E-state index contributed by atoms with van der Waals surface area (Å²) in [6, 6.07) is 21.7. The molecule has 140 valence electrons. The average molecular weight is 374 g/mol. The van der Waals surface area contributed by atoms with Crippen molar-refractivity contribution in [2.75, 3.05) is 6.61 Å². The van der Waals surface area contributed by atoms with Crippen LogP contribution in [0.25, 0.3) is 0 Å². The molecule has 0 bridgehead atoms. The van der Waals surface area contributed by atoms with E-state index in [2.05, 4.69) is 9.98 Å². The summed E-state index contributed by atoms with van der Waals surface area (Å²) in [5.41, 5.74) is 1.51. The van der Waals surface area contributed by atoms with Gasteiger partial charge in [-0.1, -0.05) is 48.5 Å². The van der Waals surface area contributed by atoms with Crippen LogP contribution >= 0.6 is 0 Å². The van der Waals surface area contributed by atoms with E-state index in [9.17, 15) is 4.79 Å². The van der Waals surface area contributed by atoms with Gasteiger partial charge in [-0.15, -0.1) is 0 Å². The number of esters is 1. The molecule has 0 saturated heterocycles. The Kier molecular flexibility index (Phi) is 5.29. The molecule has 4 rings (SSSR count). The normalized spacial score (nSPS) is 15.4. The number of ether oxygens (including phenoxy) is 3. The van der Waals surface area contributed by atoms with Gasteiger partial charge in [-0.3, -0.25) is 0 Å². The van der Waals surface area contributed by atoms with E-state index >= 15 is 0 Å². The molecule has 3 aromatic rings. The first-order valence-electron chi connectivity index (χ1n) is 8.89. The van der Waals surface area contributed by atoms with Crippen molar-refractivity contribution < 1.29 is 19.0 Å². The fourth-order valence-electron chi connectivity index (χ4n) is 2.70. The van der Waals surface area contributed by atoms with Crippen LogP contribution in [0.4, 0.5) is 0 Å². The Balaban J connectivity index is 1.46. The van der Waals surface area contributed by atoms with E-state index < -0.39 is 12.0 Å². The van der Waals surface area contributed by atoms with Crippen LogP contribution in [0, 0.1) is 0 Å². The van der Waals surface area contributed by atoms with E-state index in [1.54, 1.807) is 18.3 Å². The first-order valence-corrected chi connectivity index (χ1v) is 8.89. The molecular weight excluding hydrogens is 356 g/mol. The number of aromatic nitrogens is 1. The fourth-order valence-corrected chi connectivity index (χ4v) is 2.70. The van der Waals surface area contributed by atoms with Crippen LogP contribution in [0.15, 0.2) is 84.0 Å². The fraction of sp³-hybridized carbons (Fsp3) is 0.136. The first kappa shape index (κ1) is 17.7. The molecule has 2 aromatic carbocycles. The Bertz CT molecular complexity index is 974. The van der Waals surface area contributed by atoms with Crippen LogP contribution in [0.5, 0.6) is 11.6 Å². The summed E-state index contributed by atoms with van der Waals surface area (Å²) in [4.78, 5) is 21.0. The van der Waals surface area contributed by atoms with Crippen LogP contribution in [-0.4, -0.2) is 29.5 Å². The van der Waals surface area contributed by atoms with E-state index in [4.69, 9.17) is 14.2 Å². The summed E-state index contributed by atoms with van der Waals surface area (Å²) in [7, 11) is 0. The van der Waals surface area contributed by atoms with Crippen LogP contribution < -0.4 is 4.74 Å². The number of hydrogen-bond acceptors (Lipinski definition) is 6. The molecule has 6 nitrogen and oxygen atoms in total. The van der Waals surface area contributed by atoms with Crippen molar-refractivity contribution in [3.8, 4) is 11.6 Å². The number of rotatable bonds is 6. The molecule has 1 atom stereocenters. The number of nitrogens with zero attached hydrogens (tertiary/aromatic N) is 2. The van der Waals surface area contributed by atoms with Gasteiger partial charge < -0.3 is 14.2 Å². The van der Waals surface area contributed by atoms with Crippen molar-refractivity contribution >= 4 is 11.9 Å². The van der Waals surface area contributed by atoms with Crippen LogP contribution in [-0.2, 0) is 20.9 Å². The average Bonchev–Trinajstić information content (AvgIpc) is 3.24. The number of pyridine rings is 1. The maximum Gasteiger partial charge on any atom is 0.334 e. The maximum absolute atomic E-state index is 12.3. The molecule has 0 radical (unpaired) electrons. The van der Waals surface area contributed by atoms with Gasteiger partial charge in [0.1, 0.15) is 19.0 Å². The first-order chi connectivity index (χ1) is 13.8. The van der Waals surface area contributed by atoms with Crippen molar-refractivity contribution in [3.05, 3.63) is 90.1 Å². The van der Waals surface area contributed by atoms with Gasteiger partial charge in [0.05, 0.1) is 5.56 Å². The van der Waals surface area contributed by atoms with Gasteiger partial charge >= 0.3 is 5.97 Å². The topological polar surface area (TPSA) is 70.0 Å². The van der Waals surface area contributed by atoms with Crippen molar-refractivity contribution in [2.45, 2.75) is 12.6 Å². The van der Waals surface area contributed by atoms with Gasteiger partial charge in [0.2, 0.25) is 11.8 Å². The zero-order valence-electron chi connectivity index (χ0n) is 15.0. The van der Waals surface area contributed by atoms with Gasteiger partial charge in [-0.25, -0.2) is 14.8 Å². The monoisotopic (exact) mass is 374 g/mol. The van der Waals surface area contributed by atoms with Crippen molar-refractivity contribution in [2.24, 2.45) is 4.99 Å². The standard InChI is InChI=1S/C22H18N2O4/c25-22(27-14-16-8-3-1-4-9-16)19-15-26-21(24-19)18-12-7-13-23-20(18)28-17-10-5-2-6-11-17/h1-13,19H,14-15H2/t19-/m0/s1. The molecule has 0 saturated carbocycles. The second-order valence-corrected chi connectivity index (χ2v) is 6.13. The molecule has 1 aromatic heterocycles. The molecule has 0 unspecified atom stereocenters. The Morgan fingerprint density at radius 1 is 1.00 bits per heavy atom. The Morgan fingerprint density at radius 2 is 1.75 bits per heavy atom. The third-order valence-corrected chi connectivity index (χ3v) is 4.11. The number of benzene rings is 2. The van der Waals surface area contributed by atoms with Gasteiger partial charge in [0.15, 0.2) is 6.04 Å². The van der Waals surface area contributed by atoms with E-state index in [0.29, 0.717) is 23.1 Å². The molecular formula is C22H18N2O4. The molecule has 1 aliphatic heterocycles. The smallest absolute Gasteiger partial charge is 0.334 e. The lowest BCUT2D eigenvalue weighted by Gasteiger charge is -2.09. The third-order valence-electron chi connectivity index (χ3n) is 4.11. The highest BCUT2D eigenvalue weighted by atomic mass is 16.5. The van der Waals surface area contributed by atoms with Crippen molar-refractivity contribution in [3.63, 3.8) is 0 Å². The Hall–Kier alpha value is -3.67. The minimum absolute atomic E-state index is 0.128. The van der Waals surface area contributed by atoms with Crippen LogP contribution in [0.2, 0.25) is 0 Å². The lowest BCUT2D eigenvalue weighted by molar-refractivity contribution is -0.146. The lowest BCUT2D eigenvalue weighted by atomic mass is 10.2. The second kappa shape index (κ2) is 8.35.